The molecule has 0 aliphatic rings. The second-order valence-electron chi connectivity index (χ2n) is 6.54. The van der Waals surface area contributed by atoms with Crippen molar-refractivity contribution in [1.29, 1.82) is 5.26 Å². The van der Waals surface area contributed by atoms with Crippen molar-refractivity contribution in [2.75, 3.05) is 36.1 Å². The van der Waals surface area contributed by atoms with E-state index in [1.165, 1.54) is 6.33 Å². The van der Waals surface area contributed by atoms with Gasteiger partial charge in [0.05, 0.1) is 6.04 Å². The highest BCUT2D eigenvalue weighted by molar-refractivity contribution is 5.73. The van der Waals surface area contributed by atoms with Crippen molar-refractivity contribution in [3.05, 3.63) is 35.5 Å². The molecule has 0 amide bonds. The largest absolute Gasteiger partial charge is 0.396 e. The standard InChI is InChI=1S/C18H23N9O/c1-11-5-7-27-14(11)18(26(3)6-4-8-28)24-16(25-27)12(2)23-17-13(9-19)15(20)21-10-22-17/h5,7,10,12,28H,4,6,8H2,1-3H3,(H3,20,21,22,23). The Kier molecular flexibility index (Phi) is 5.56. The molecule has 0 bridgehead atoms. The van der Waals surface area contributed by atoms with Crippen LogP contribution in [0.3, 0.4) is 0 Å². The molecule has 146 valence electrons. The van der Waals surface area contributed by atoms with Gasteiger partial charge in [0.1, 0.15) is 35.1 Å². The van der Waals surface area contributed by atoms with Gasteiger partial charge in [-0.15, -0.1) is 0 Å². The van der Waals surface area contributed by atoms with Gasteiger partial charge >= 0.3 is 0 Å². The number of aliphatic hydroxyl groups is 1. The number of aryl methyl sites for hydroxylation is 1. The molecule has 3 rings (SSSR count). The number of nitrogen functional groups attached to an aromatic ring is 1. The minimum absolute atomic E-state index is 0.114. The third-order valence-electron chi connectivity index (χ3n) is 4.45. The lowest BCUT2D eigenvalue weighted by Gasteiger charge is -2.22. The van der Waals surface area contributed by atoms with Crippen molar-refractivity contribution in [3.8, 4) is 6.07 Å². The van der Waals surface area contributed by atoms with Crippen LogP contribution in [0.25, 0.3) is 5.52 Å². The van der Waals surface area contributed by atoms with Gasteiger partial charge in [0.15, 0.2) is 11.6 Å². The van der Waals surface area contributed by atoms with Crippen molar-refractivity contribution < 1.29 is 5.11 Å². The number of nitrogens with zero attached hydrogens (tertiary/aromatic N) is 7. The summed E-state index contributed by atoms with van der Waals surface area (Å²) in [5.41, 5.74) is 7.93. The second-order valence-corrected chi connectivity index (χ2v) is 6.54. The molecule has 10 heteroatoms. The summed E-state index contributed by atoms with van der Waals surface area (Å²) >= 11 is 0. The molecule has 0 spiro atoms. The fraction of sp³-hybridized carbons (Fsp3) is 0.389. The fourth-order valence-electron chi connectivity index (χ4n) is 2.92. The van der Waals surface area contributed by atoms with E-state index in [0.717, 1.165) is 16.9 Å². The van der Waals surface area contributed by atoms with Gasteiger partial charge < -0.3 is 21.1 Å². The van der Waals surface area contributed by atoms with Gasteiger partial charge in [-0.2, -0.15) is 10.4 Å². The fourth-order valence-corrected chi connectivity index (χ4v) is 2.92. The van der Waals surface area contributed by atoms with Crippen LogP contribution >= 0.6 is 0 Å². The summed E-state index contributed by atoms with van der Waals surface area (Å²) in [5.74, 6) is 1.77. The zero-order valence-corrected chi connectivity index (χ0v) is 16.1. The number of nitriles is 1. The zero-order chi connectivity index (χ0) is 20.3. The highest BCUT2D eigenvalue weighted by atomic mass is 16.3. The summed E-state index contributed by atoms with van der Waals surface area (Å²) in [7, 11) is 1.94. The average Bonchev–Trinajstić information content (AvgIpc) is 3.06. The van der Waals surface area contributed by atoms with E-state index < -0.39 is 0 Å². The lowest BCUT2D eigenvalue weighted by Crippen LogP contribution is -2.24. The molecule has 28 heavy (non-hydrogen) atoms. The first-order chi connectivity index (χ1) is 13.5. The maximum absolute atomic E-state index is 9.31. The van der Waals surface area contributed by atoms with Crippen molar-refractivity contribution in [2.24, 2.45) is 0 Å². The summed E-state index contributed by atoms with van der Waals surface area (Å²) < 4.78 is 1.79. The smallest absolute Gasteiger partial charge is 0.173 e. The monoisotopic (exact) mass is 381 g/mol. The van der Waals surface area contributed by atoms with E-state index >= 15 is 0 Å². The normalized spacial score (nSPS) is 12.0. The lowest BCUT2D eigenvalue weighted by molar-refractivity contribution is 0.290. The Labute approximate surface area is 162 Å². The first-order valence-electron chi connectivity index (χ1n) is 8.91. The molecule has 0 saturated heterocycles. The molecular formula is C18H23N9O. The topological polar surface area (TPSA) is 141 Å². The predicted octanol–water partition coefficient (Wildman–Crippen LogP) is 1.27. The molecule has 0 aromatic carbocycles. The number of fused-ring (bicyclic) bond motifs is 1. The molecule has 0 aliphatic carbocycles. The van der Waals surface area contributed by atoms with E-state index in [-0.39, 0.29) is 24.0 Å². The van der Waals surface area contributed by atoms with Crippen molar-refractivity contribution in [3.63, 3.8) is 0 Å². The third kappa shape index (κ3) is 3.65. The van der Waals surface area contributed by atoms with E-state index in [1.807, 2.05) is 44.1 Å². The van der Waals surface area contributed by atoms with Gasteiger partial charge in [-0.25, -0.2) is 19.5 Å². The highest BCUT2D eigenvalue weighted by Crippen LogP contribution is 2.26. The zero-order valence-electron chi connectivity index (χ0n) is 16.1. The number of nitrogens with two attached hydrogens (primary N) is 1. The summed E-state index contributed by atoms with van der Waals surface area (Å²) in [6.45, 7) is 4.67. The van der Waals surface area contributed by atoms with Crippen molar-refractivity contribution in [2.45, 2.75) is 26.3 Å². The quantitative estimate of drug-likeness (QED) is 0.551. The van der Waals surface area contributed by atoms with Crippen molar-refractivity contribution in [1.82, 2.24) is 24.6 Å². The Hall–Kier alpha value is -3.45. The molecule has 3 heterocycles. The van der Waals surface area contributed by atoms with Gasteiger partial charge in [-0.1, -0.05) is 0 Å². The molecule has 1 unspecified atom stereocenters. The second kappa shape index (κ2) is 8.06. The number of aliphatic hydroxyl groups excluding tert-OH is 1. The first kappa shape index (κ1) is 19.3. The minimum atomic E-state index is -0.335. The van der Waals surface area contributed by atoms with E-state index in [1.54, 1.807) is 4.52 Å². The summed E-state index contributed by atoms with van der Waals surface area (Å²) in [4.78, 5) is 14.7. The van der Waals surface area contributed by atoms with E-state index in [4.69, 9.17) is 15.8 Å². The SMILES string of the molecule is Cc1ccn2nc(C(C)Nc3ncnc(N)c3C#N)nc(N(C)CCCO)c12. The van der Waals surface area contributed by atoms with Crippen LogP contribution < -0.4 is 16.0 Å². The summed E-state index contributed by atoms with van der Waals surface area (Å²) in [6, 6.07) is 3.66. The molecule has 0 fully saturated rings. The van der Waals surface area contributed by atoms with Crippen LogP contribution in [0.5, 0.6) is 0 Å². The summed E-state index contributed by atoms with van der Waals surface area (Å²) in [5, 5.41) is 26.2. The number of hydrogen-bond donors (Lipinski definition) is 3. The lowest BCUT2D eigenvalue weighted by atomic mass is 10.2. The van der Waals surface area contributed by atoms with Gasteiger partial charge in [-0.3, -0.25) is 0 Å². The minimum Gasteiger partial charge on any atom is -0.396 e. The molecule has 3 aromatic heterocycles. The van der Waals surface area contributed by atoms with Crippen LogP contribution in [0.1, 0.15) is 36.3 Å². The van der Waals surface area contributed by atoms with Crippen LogP contribution in [-0.4, -0.2) is 49.9 Å². The van der Waals surface area contributed by atoms with Crippen molar-refractivity contribution >= 4 is 23.0 Å². The van der Waals surface area contributed by atoms with E-state index in [0.29, 0.717) is 24.6 Å². The van der Waals surface area contributed by atoms with Crippen LogP contribution in [0.2, 0.25) is 0 Å². The molecular weight excluding hydrogens is 358 g/mol. The maximum Gasteiger partial charge on any atom is 0.173 e. The number of aromatic nitrogens is 5. The highest BCUT2D eigenvalue weighted by Gasteiger charge is 2.19. The van der Waals surface area contributed by atoms with Crippen LogP contribution in [0.4, 0.5) is 17.5 Å². The van der Waals surface area contributed by atoms with Gasteiger partial charge in [0, 0.05) is 26.4 Å². The average molecular weight is 381 g/mol. The number of hydrogen-bond acceptors (Lipinski definition) is 9. The number of nitrogens with one attached hydrogen (secondary N) is 1. The molecule has 1 atom stereocenters. The van der Waals surface area contributed by atoms with Gasteiger partial charge in [0.2, 0.25) is 0 Å². The Morgan fingerprint density at radius 2 is 2.21 bits per heavy atom. The van der Waals surface area contributed by atoms with Crippen LogP contribution in [0.15, 0.2) is 18.6 Å². The van der Waals surface area contributed by atoms with E-state index in [9.17, 15) is 5.26 Å². The van der Waals surface area contributed by atoms with E-state index in [2.05, 4.69) is 20.4 Å². The van der Waals surface area contributed by atoms with Crippen LogP contribution in [0, 0.1) is 18.3 Å². The molecule has 0 saturated carbocycles. The van der Waals surface area contributed by atoms with Gasteiger partial charge in [0.25, 0.3) is 0 Å². The third-order valence-corrected chi connectivity index (χ3v) is 4.45. The maximum atomic E-state index is 9.31. The molecule has 0 aliphatic heterocycles. The number of rotatable bonds is 7. The molecule has 4 N–H and O–H groups in total. The predicted molar refractivity (Wildman–Crippen MR) is 106 cm³/mol. The molecule has 10 nitrogen and oxygen atoms in total. The Balaban J connectivity index is 1.99. The Morgan fingerprint density at radius 3 is 2.93 bits per heavy atom. The Morgan fingerprint density at radius 1 is 1.43 bits per heavy atom. The Bertz CT molecular complexity index is 1020. The molecule has 0 radical (unpaired) electrons. The van der Waals surface area contributed by atoms with Crippen LogP contribution in [-0.2, 0) is 0 Å². The first-order valence-corrected chi connectivity index (χ1v) is 8.91. The van der Waals surface area contributed by atoms with Gasteiger partial charge in [-0.05, 0) is 31.9 Å². The molecule has 3 aromatic rings. The number of anilines is 3. The summed E-state index contributed by atoms with van der Waals surface area (Å²) in [6.07, 6.45) is 3.83.